The van der Waals surface area contributed by atoms with Crippen LogP contribution in [0.1, 0.15) is 29.5 Å². The maximum absolute atomic E-state index is 2.65. The molecule has 1 nitrogen and oxygen atoms in total. The van der Waals surface area contributed by atoms with Gasteiger partial charge in [-0.15, -0.1) is 0 Å². The molecule has 1 atom stereocenters. The fourth-order valence-electron chi connectivity index (χ4n) is 3.15. The Morgan fingerprint density at radius 1 is 0.950 bits per heavy atom. The summed E-state index contributed by atoms with van der Waals surface area (Å²) in [6.45, 7) is 4.49. The molecule has 1 unspecified atom stereocenters. The first-order valence-corrected chi connectivity index (χ1v) is 7.65. The largest absolute Gasteiger partial charge is 0.296 e. The van der Waals surface area contributed by atoms with Crippen LogP contribution >= 0.6 is 0 Å². The zero-order chi connectivity index (χ0) is 13.8. The van der Waals surface area contributed by atoms with Crippen molar-refractivity contribution in [3.05, 3.63) is 71.3 Å². The zero-order valence-corrected chi connectivity index (χ0v) is 12.3. The second-order valence-corrected chi connectivity index (χ2v) is 5.94. The van der Waals surface area contributed by atoms with Crippen LogP contribution in [-0.2, 0) is 13.0 Å². The van der Waals surface area contributed by atoms with Crippen LogP contribution in [0.5, 0.6) is 0 Å². The van der Waals surface area contributed by atoms with Gasteiger partial charge in [-0.05, 0) is 43.9 Å². The SMILES string of the molecule is Cc1ccc(CC2CCCN2Cc2ccccc2)cc1. The Hall–Kier alpha value is -1.60. The molecule has 0 saturated carbocycles. The number of benzene rings is 2. The smallest absolute Gasteiger partial charge is 0.0236 e. The van der Waals surface area contributed by atoms with Crippen LogP contribution in [0.2, 0.25) is 0 Å². The highest BCUT2D eigenvalue weighted by molar-refractivity contribution is 5.22. The molecule has 2 aromatic carbocycles. The minimum absolute atomic E-state index is 0.706. The molecule has 1 saturated heterocycles. The minimum Gasteiger partial charge on any atom is -0.296 e. The van der Waals surface area contributed by atoms with E-state index in [9.17, 15) is 0 Å². The van der Waals surface area contributed by atoms with E-state index in [4.69, 9.17) is 0 Å². The quantitative estimate of drug-likeness (QED) is 0.800. The molecule has 1 aliphatic heterocycles. The minimum atomic E-state index is 0.706. The molecular weight excluding hydrogens is 242 g/mol. The van der Waals surface area contributed by atoms with Crippen LogP contribution in [0, 0.1) is 6.92 Å². The first-order valence-electron chi connectivity index (χ1n) is 7.65. The lowest BCUT2D eigenvalue weighted by Gasteiger charge is -2.24. The summed E-state index contributed by atoms with van der Waals surface area (Å²) >= 11 is 0. The molecule has 3 rings (SSSR count). The highest BCUT2D eigenvalue weighted by Gasteiger charge is 2.24. The van der Waals surface area contributed by atoms with Gasteiger partial charge in [-0.3, -0.25) is 4.90 Å². The Kier molecular flexibility index (Phi) is 4.17. The van der Waals surface area contributed by atoms with Crippen molar-refractivity contribution < 1.29 is 0 Å². The van der Waals surface area contributed by atoms with Gasteiger partial charge in [0.2, 0.25) is 0 Å². The molecule has 0 radical (unpaired) electrons. The highest BCUT2D eigenvalue weighted by Crippen LogP contribution is 2.23. The molecule has 1 heterocycles. The van der Waals surface area contributed by atoms with Gasteiger partial charge in [-0.1, -0.05) is 60.2 Å². The molecule has 0 bridgehead atoms. The molecule has 104 valence electrons. The summed E-state index contributed by atoms with van der Waals surface area (Å²) in [5.74, 6) is 0. The number of hydrogen-bond donors (Lipinski definition) is 0. The molecule has 1 aliphatic rings. The predicted octanol–water partition coefficient (Wildman–Crippen LogP) is 4.20. The van der Waals surface area contributed by atoms with Gasteiger partial charge in [0.05, 0.1) is 0 Å². The first kappa shape index (κ1) is 13.4. The van der Waals surface area contributed by atoms with Gasteiger partial charge in [-0.25, -0.2) is 0 Å². The topological polar surface area (TPSA) is 3.24 Å². The highest BCUT2D eigenvalue weighted by atomic mass is 15.2. The summed E-state index contributed by atoms with van der Waals surface area (Å²) < 4.78 is 0. The third-order valence-corrected chi connectivity index (χ3v) is 4.32. The number of aryl methyl sites for hydroxylation is 1. The third-order valence-electron chi connectivity index (χ3n) is 4.32. The molecule has 0 aromatic heterocycles. The summed E-state index contributed by atoms with van der Waals surface area (Å²) in [6, 6.07) is 20.6. The van der Waals surface area contributed by atoms with Crippen molar-refractivity contribution in [2.75, 3.05) is 6.54 Å². The fraction of sp³-hybridized carbons (Fsp3) is 0.368. The lowest BCUT2D eigenvalue weighted by Crippen LogP contribution is -2.30. The van der Waals surface area contributed by atoms with Gasteiger partial charge in [0, 0.05) is 12.6 Å². The Balaban J connectivity index is 1.65. The van der Waals surface area contributed by atoms with Crippen molar-refractivity contribution in [1.29, 1.82) is 0 Å². The van der Waals surface area contributed by atoms with Gasteiger partial charge in [0.1, 0.15) is 0 Å². The Labute approximate surface area is 122 Å². The molecule has 2 aromatic rings. The molecule has 0 N–H and O–H groups in total. The van der Waals surface area contributed by atoms with Crippen LogP contribution < -0.4 is 0 Å². The van der Waals surface area contributed by atoms with E-state index in [1.54, 1.807) is 0 Å². The van der Waals surface area contributed by atoms with Crippen LogP contribution in [0.3, 0.4) is 0 Å². The Morgan fingerprint density at radius 2 is 1.70 bits per heavy atom. The standard InChI is InChI=1S/C19H23N/c1-16-9-11-17(12-10-16)14-19-8-5-13-20(19)15-18-6-3-2-4-7-18/h2-4,6-7,9-12,19H,5,8,13-15H2,1H3. The van der Waals surface area contributed by atoms with Crippen molar-refractivity contribution in [3.8, 4) is 0 Å². The summed E-state index contributed by atoms with van der Waals surface area (Å²) in [5, 5.41) is 0. The first-order chi connectivity index (χ1) is 9.81. The normalized spacial score (nSPS) is 19.4. The van der Waals surface area contributed by atoms with E-state index in [0.29, 0.717) is 6.04 Å². The van der Waals surface area contributed by atoms with Crippen molar-refractivity contribution in [1.82, 2.24) is 4.90 Å². The molecule has 0 amide bonds. The van der Waals surface area contributed by atoms with Crippen molar-refractivity contribution in [2.45, 2.75) is 38.8 Å². The summed E-state index contributed by atoms with van der Waals surface area (Å²) in [4.78, 5) is 2.65. The zero-order valence-electron chi connectivity index (χ0n) is 12.3. The Bertz CT molecular complexity index is 529. The average Bonchev–Trinajstić information content (AvgIpc) is 2.90. The molecule has 1 heteroatoms. The molecule has 0 spiro atoms. The molecular formula is C19H23N. The van der Waals surface area contributed by atoms with E-state index in [0.717, 1.165) is 6.54 Å². The third kappa shape index (κ3) is 3.29. The van der Waals surface area contributed by atoms with E-state index in [1.165, 1.54) is 42.5 Å². The molecule has 1 fully saturated rings. The van der Waals surface area contributed by atoms with Gasteiger partial charge < -0.3 is 0 Å². The van der Waals surface area contributed by atoms with E-state index in [-0.39, 0.29) is 0 Å². The number of nitrogens with zero attached hydrogens (tertiary/aromatic N) is 1. The van der Waals surface area contributed by atoms with Gasteiger partial charge in [0.25, 0.3) is 0 Å². The van der Waals surface area contributed by atoms with Gasteiger partial charge in [-0.2, -0.15) is 0 Å². The van der Waals surface area contributed by atoms with E-state index >= 15 is 0 Å². The second-order valence-electron chi connectivity index (χ2n) is 5.94. The van der Waals surface area contributed by atoms with Crippen LogP contribution in [0.15, 0.2) is 54.6 Å². The number of hydrogen-bond acceptors (Lipinski definition) is 1. The lowest BCUT2D eigenvalue weighted by atomic mass is 10.0. The summed E-state index contributed by atoms with van der Waals surface area (Å²) in [7, 11) is 0. The monoisotopic (exact) mass is 265 g/mol. The Morgan fingerprint density at radius 3 is 2.45 bits per heavy atom. The second kappa shape index (κ2) is 6.23. The maximum Gasteiger partial charge on any atom is 0.0236 e. The van der Waals surface area contributed by atoms with Crippen molar-refractivity contribution in [2.24, 2.45) is 0 Å². The van der Waals surface area contributed by atoms with Crippen molar-refractivity contribution in [3.63, 3.8) is 0 Å². The van der Waals surface area contributed by atoms with Crippen LogP contribution in [0.4, 0.5) is 0 Å². The van der Waals surface area contributed by atoms with E-state index in [2.05, 4.69) is 66.4 Å². The molecule has 20 heavy (non-hydrogen) atoms. The van der Waals surface area contributed by atoms with Crippen molar-refractivity contribution >= 4 is 0 Å². The lowest BCUT2D eigenvalue weighted by molar-refractivity contribution is 0.244. The average molecular weight is 265 g/mol. The van der Waals surface area contributed by atoms with E-state index < -0.39 is 0 Å². The van der Waals surface area contributed by atoms with Gasteiger partial charge >= 0.3 is 0 Å². The summed E-state index contributed by atoms with van der Waals surface area (Å²) in [6.07, 6.45) is 3.86. The number of likely N-dealkylation sites (tertiary alicyclic amines) is 1. The fourth-order valence-corrected chi connectivity index (χ4v) is 3.15. The van der Waals surface area contributed by atoms with Crippen LogP contribution in [-0.4, -0.2) is 17.5 Å². The maximum atomic E-state index is 2.65. The van der Waals surface area contributed by atoms with E-state index in [1.807, 2.05) is 0 Å². The van der Waals surface area contributed by atoms with Gasteiger partial charge in [0.15, 0.2) is 0 Å². The van der Waals surface area contributed by atoms with Crippen LogP contribution in [0.25, 0.3) is 0 Å². The molecule has 0 aliphatic carbocycles. The predicted molar refractivity (Wildman–Crippen MR) is 84.8 cm³/mol. The number of rotatable bonds is 4. The summed E-state index contributed by atoms with van der Waals surface area (Å²) in [5.41, 5.74) is 4.25.